The monoisotopic (exact) mass is 247 g/mol. The van der Waals surface area contributed by atoms with Gasteiger partial charge in [0.25, 0.3) is 0 Å². The summed E-state index contributed by atoms with van der Waals surface area (Å²) >= 11 is 1.66. The summed E-state index contributed by atoms with van der Waals surface area (Å²) in [5.41, 5.74) is 8.52. The van der Waals surface area contributed by atoms with E-state index in [1.165, 1.54) is 22.6 Å². The molecule has 0 atom stereocenters. The Morgan fingerprint density at radius 3 is 2.76 bits per heavy atom. The summed E-state index contributed by atoms with van der Waals surface area (Å²) in [4.78, 5) is 1.17. The standard InChI is InChI=1S/C14H14FNS/c1-10-3-2-4-13(7-10)17-9-11-8-12(15)5-6-14(11)16/h2-8H,9,16H2,1H3. The van der Waals surface area contributed by atoms with Crippen molar-refractivity contribution in [2.75, 3.05) is 5.73 Å². The summed E-state index contributed by atoms with van der Waals surface area (Å²) in [6, 6.07) is 12.7. The Bertz CT molecular complexity index is 525. The zero-order chi connectivity index (χ0) is 12.3. The van der Waals surface area contributed by atoms with Gasteiger partial charge in [-0.15, -0.1) is 11.8 Å². The number of nitrogens with two attached hydrogens (primary N) is 1. The van der Waals surface area contributed by atoms with E-state index in [4.69, 9.17) is 5.73 Å². The molecule has 0 aliphatic carbocycles. The molecule has 1 nitrogen and oxygen atoms in total. The minimum atomic E-state index is -0.237. The van der Waals surface area contributed by atoms with E-state index < -0.39 is 0 Å². The Hall–Kier alpha value is -1.48. The molecule has 2 N–H and O–H groups in total. The van der Waals surface area contributed by atoms with Gasteiger partial charge in [0.1, 0.15) is 5.82 Å². The summed E-state index contributed by atoms with van der Waals surface area (Å²) in [5, 5.41) is 0. The number of nitrogen functional groups attached to an aromatic ring is 1. The second-order valence-electron chi connectivity index (χ2n) is 3.95. The van der Waals surface area contributed by atoms with Crippen LogP contribution in [-0.2, 0) is 5.75 Å². The van der Waals surface area contributed by atoms with Crippen LogP contribution in [0, 0.1) is 12.7 Å². The minimum Gasteiger partial charge on any atom is -0.398 e. The van der Waals surface area contributed by atoms with E-state index >= 15 is 0 Å². The predicted molar refractivity (Wildman–Crippen MR) is 71.6 cm³/mol. The van der Waals surface area contributed by atoms with Crippen LogP contribution in [0.5, 0.6) is 0 Å². The maximum absolute atomic E-state index is 13.1. The van der Waals surface area contributed by atoms with E-state index in [9.17, 15) is 4.39 Å². The van der Waals surface area contributed by atoms with Crippen LogP contribution in [-0.4, -0.2) is 0 Å². The van der Waals surface area contributed by atoms with Crippen molar-refractivity contribution < 1.29 is 4.39 Å². The quantitative estimate of drug-likeness (QED) is 0.655. The van der Waals surface area contributed by atoms with Crippen molar-refractivity contribution in [3.63, 3.8) is 0 Å². The Balaban J connectivity index is 2.09. The zero-order valence-corrected chi connectivity index (χ0v) is 10.4. The van der Waals surface area contributed by atoms with Gasteiger partial charge >= 0.3 is 0 Å². The van der Waals surface area contributed by atoms with Crippen LogP contribution < -0.4 is 5.73 Å². The van der Waals surface area contributed by atoms with Gasteiger partial charge in [-0.1, -0.05) is 17.7 Å². The average molecular weight is 247 g/mol. The van der Waals surface area contributed by atoms with Crippen LogP contribution in [0.3, 0.4) is 0 Å². The molecule has 0 fully saturated rings. The summed E-state index contributed by atoms with van der Waals surface area (Å²) in [5.74, 6) is 0.451. The van der Waals surface area contributed by atoms with Gasteiger partial charge in [-0.2, -0.15) is 0 Å². The molecule has 0 spiro atoms. The number of hydrogen-bond donors (Lipinski definition) is 1. The highest BCUT2D eigenvalue weighted by Gasteiger charge is 2.02. The largest absolute Gasteiger partial charge is 0.398 e. The topological polar surface area (TPSA) is 26.0 Å². The smallest absolute Gasteiger partial charge is 0.123 e. The third-order valence-electron chi connectivity index (χ3n) is 2.49. The van der Waals surface area contributed by atoms with Gasteiger partial charge in [-0.3, -0.25) is 0 Å². The Kier molecular flexibility index (Phi) is 3.69. The van der Waals surface area contributed by atoms with Gasteiger partial charge in [-0.25, -0.2) is 4.39 Å². The van der Waals surface area contributed by atoms with Gasteiger partial charge in [0.05, 0.1) is 0 Å². The molecule has 2 aromatic carbocycles. The number of thioether (sulfide) groups is 1. The third-order valence-corrected chi connectivity index (χ3v) is 3.53. The first kappa shape index (κ1) is 12.0. The van der Waals surface area contributed by atoms with Crippen molar-refractivity contribution in [2.24, 2.45) is 0 Å². The molecule has 0 saturated heterocycles. The SMILES string of the molecule is Cc1cccc(SCc2cc(F)ccc2N)c1. The molecule has 88 valence electrons. The van der Waals surface area contributed by atoms with Crippen molar-refractivity contribution >= 4 is 17.4 Å². The van der Waals surface area contributed by atoms with Crippen molar-refractivity contribution in [1.82, 2.24) is 0 Å². The molecule has 0 radical (unpaired) electrons. The van der Waals surface area contributed by atoms with E-state index in [1.807, 2.05) is 12.1 Å². The molecule has 0 amide bonds. The molecule has 0 unspecified atom stereocenters. The lowest BCUT2D eigenvalue weighted by Gasteiger charge is -2.06. The van der Waals surface area contributed by atoms with E-state index in [0.29, 0.717) is 11.4 Å². The molecule has 0 aromatic heterocycles. The minimum absolute atomic E-state index is 0.237. The second-order valence-corrected chi connectivity index (χ2v) is 5.00. The van der Waals surface area contributed by atoms with Crippen molar-refractivity contribution in [3.8, 4) is 0 Å². The molecule has 17 heavy (non-hydrogen) atoms. The van der Waals surface area contributed by atoms with Gasteiger partial charge in [0.2, 0.25) is 0 Å². The number of rotatable bonds is 3. The fourth-order valence-electron chi connectivity index (χ4n) is 1.57. The van der Waals surface area contributed by atoms with E-state index in [2.05, 4.69) is 19.1 Å². The normalized spacial score (nSPS) is 10.5. The highest BCUT2D eigenvalue weighted by molar-refractivity contribution is 7.98. The van der Waals surface area contributed by atoms with Crippen molar-refractivity contribution in [1.29, 1.82) is 0 Å². The van der Waals surface area contributed by atoms with E-state index in [-0.39, 0.29) is 5.82 Å². The van der Waals surface area contributed by atoms with E-state index in [1.54, 1.807) is 17.8 Å². The van der Waals surface area contributed by atoms with E-state index in [0.717, 1.165) is 5.56 Å². The van der Waals surface area contributed by atoms with Crippen molar-refractivity contribution in [2.45, 2.75) is 17.6 Å². The molecule has 0 saturated carbocycles. The highest BCUT2D eigenvalue weighted by atomic mass is 32.2. The molecular weight excluding hydrogens is 233 g/mol. The molecule has 2 aromatic rings. The lowest BCUT2D eigenvalue weighted by Crippen LogP contribution is -1.93. The zero-order valence-electron chi connectivity index (χ0n) is 9.61. The van der Waals surface area contributed by atoms with Crippen LogP contribution in [0.15, 0.2) is 47.4 Å². The number of anilines is 1. The van der Waals surface area contributed by atoms with Crippen LogP contribution in [0.2, 0.25) is 0 Å². The van der Waals surface area contributed by atoms with Crippen LogP contribution in [0.1, 0.15) is 11.1 Å². The summed E-state index contributed by atoms with van der Waals surface area (Å²) in [7, 11) is 0. The molecular formula is C14H14FNS. The fraction of sp³-hybridized carbons (Fsp3) is 0.143. The summed E-state index contributed by atoms with van der Waals surface area (Å²) in [6.07, 6.45) is 0. The van der Waals surface area contributed by atoms with Crippen molar-refractivity contribution in [3.05, 3.63) is 59.4 Å². The maximum atomic E-state index is 13.1. The molecule has 3 heteroatoms. The number of benzene rings is 2. The number of aryl methyl sites for hydroxylation is 1. The van der Waals surface area contributed by atoms with Crippen LogP contribution in [0.25, 0.3) is 0 Å². The molecule has 0 bridgehead atoms. The lowest BCUT2D eigenvalue weighted by atomic mass is 10.2. The Morgan fingerprint density at radius 2 is 2.00 bits per heavy atom. The van der Waals surface area contributed by atoms with Gasteiger partial charge in [-0.05, 0) is 42.8 Å². The maximum Gasteiger partial charge on any atom is 0.123 e. The first-order valence-electron chi connectivity index (χ1n) is 5.38. The molecule has 0 aliphatic rings. The van der Waals surface area contributed by atoms with Gasteiger partial charge < -0.3 is 5.73 Å². The first-order chi connectivity index (χ1) is 8.15. The highest BCUT2D eigenvalue weighted by Crippen LogP contribution is 2.26. The molecule has 0 aliphatic heterocycles. The first-order valence-corrected chi connectivity index (χ1v) is 6.37. The Labute approximate surface area is 105 Å². The lowest BCUT2D eigenvalue weighted by molar-refractivity contribution is 0.627. The summed E-state index contributed by atoms with van der Waals surface area (Å²) < 4.78 is 13.1. The third kappa shape index (κ3) is 3.24. The average Bonchev–Trinajstić information content (AvgIpc) is 2.30. The van der Waals surface area contributed by atoms with Gasteiger partial charge in [0, 0.05) is 16.3 Å². The van der Waals surface area contributed by atoms with Crippen LogP contribution >= 0.6 is 11.8 Å². The van der Waals surface area contributed by atoms with Crippen LogP contribution in [0.4, 0.5) is 10.1 Å². The molecule has 0 heterocycles. The molecule has 2 rings (SSSR count). The fourth-order valence-corrected chi connectivity index (χ4v) is 2.58. The number of halogens is 1. The van der Waals surface area contributed by atoms with Gasteiger partial charge in [0.15, 0.2) is 0 Å². The second kappa shape index (κ2) is 5.23. The Morgan fingerprint density at radius 1 is 1.18 bits per heavy atom. The summed E-state index contributed by atoms with van der Waals surface area (Å²) in [6.45, 7) is 2.06. The predicted octanol–water partition coefficient (Wildman–Crippen LogP) is 4.01. The number of hydrogen-bond acceptors (Lipinski definition) is 2.